The van der Waals surface area contributed by atoms with E-state index >= 15 is 0 Å². The van der Waals surface area contributed by atoms with Crippen molar-refractivity contribution >= 4 is 11.8 Å². The molecule has 6 heteroatoms. The first-order valence-corrected chi connectivity index (χ1v) is 5.33. The van der Waals surface area contributed by atoms with E-state index in [1.807, 2.05) is 18.7 Å². The molecule has 92 valence electrons. The van der Waals surface area contributed by atoms with Crippen molar-refractivity contribution in [1.29, 1.82) is 0 Å². The maximum atomic E-state index is 11.3. The second-order valence-corrected chi connectivity index (χ2v) is 4.63. The molecule has 0 aromatic heterocycles. The molecule has 3 N–H and O–H groups in total. The van der Waals surface area contributed by atoms with E-state index in [1.165, 1.54) is 6.92 Å². The van der Waals surface area contributed by atoms with Crippen molar-refractivity contribution in [2.75, 3.05) is 19.6 Å². The maximum absolute atomic E-state index is 11.3. The molecule has 1 saturated heterocycles. The number of likely N-dealkylation sites (tertiary alicyclic amines) is 1. The van der Waals surface area contributed by atoms with Crippen LogP contribution in [0.2, 0.25) is 0 Å². The second-order valence-electron chi connectivity index (χ2n) is 4.63. The van der Waals surface area contributed by atoms with E-state index in [0.29, 0.717) is 13.1 Å². The molecule has 0 aromatic rings. The highest BCUT2D eigenvalue weighted by Crippen LogP contribution is 2.27. The molecule has 1 rings (SSSR count). The van der Waals surface area contributed by atoms with Crippen LogP contribution in [0.3, 0.4) is 0 Å². The van der Waals surface area contributed by atoms with Crippen LogP contribution in [0.5, 0.6) is 0 Å². The lowest BCUT2D eigenvalue weighted by molar-refractivity contribution is -0.144. The van der Waals surface area contributed by atoms with E-state index in [0.717, 1.165) is 0 Å². The number of carbonyl (C=O) groups is 2. The van der Waals surface area contributed by atoms with Gasteiger partial charge in [0.15, 0.2) is 0 Å². The number of hydrazine groups is 1. The summed E-state index contributed by atoms with van der Waals surface area (Å²) in [6.07, 6.45) is 0. The van der Waals surface area contributed by atoms with Gasteiger partial charge in [-0.05, 0) is 5.92 Å². The number of hydrogen-bond acceptors (Lipinski definition) is 4. The van der Waals surface area contributed by atoms with E-state index in [2.05, 4.69) is 10.9 Å². The Hall–Kier alpha value is -1.14. The van der Waals surface area contributed by atoms with Crippen molar-refractivity contribution in [2.45, 2.75) is 26.4 Å². The SMILES string of the molecule is CC(=O)NNC(=O)CN1CC(O)(C(C)C)C1. The van der Waals surface area contributed by atoms with Crippen LogP contribution in [0.1, 0.15) is 20.8 Å². The van der Waals surface area contributed by atoms with E-state index in [9.17, 15) is 14.7 Å². The van der Waals surface area contributed by atoms with Crippen molar-refractivity contribution in [2.24, 2.45) is 5.92 Å². The molecule has 0 aromatic carbocycles. The second kappa shape index (κ2) is 4.80. The molecule has 1 fully saturated rings. The molecule has 0 unspecified atom stereocenters. The Morgan fingerprint density at radius 2 is 1.94 bits per heavy atom. The Labute approximate surface area is 95.0 Å². The van der Waals surface area contributed by atoms with Crippen LogP contribution in [0.4, 0.5) is 0 Å². The van der Waals surface area contributed by atoms with Gasteiger partial charge in [0.2, 0.25) is 5.91 Å². The highest BCUT2D eigenvalue weighted by molar-refractivity contribution is 5.82. The number of nitrogens with zero attached hydrogens (tertiary/aromatic N) is 1. The van der Waals surface area contributed by atoms with Gasteiger partial charge in [0.05, 0.1) is 12.1 Å². The number of hydrogen-bond donors (Lipinski definition) is 3. The van der Waals surface area contributed by atoms with E-state index in [4.69, 9.17) is 0 Å². The van der Waals surface area contributed by atoms with Crippen molar-refractivity contribution in [3.05, 3.63) is 0 Å². The topological polar surface area (TPSA) is 81.7 Å². The molecule has 0 saturated carbocycles. The molecular formula is C10H19N3O3. The van der Waals surface area contributed by atoms with E-state index in [-0.39, 0.29) is 24.3 Å². The van der Waals surface area contributed by atoms with E-state index < -0.39 is 5.60 Å². The van der Waals surface area contributed by atoms with Gasteiger partial charge >= 0.3 is 0 Å². The molecule has 0 radical (unpaired) electrons. The minimum atomic E-state index is -0.672. The van der Waals surface area contributed by atoms with Crippen LogP contribution in [-0.4, -0.2) is 47.1 Å². The number of aliphatic hydroxyl groups is 1. The Kier molecular flexibility index (Phi) is 3.88. The first-order valence-electron chi connectivity index (χ1n) is 5.33. The van der Waals surface area contributed by atoms with E-state index in [1.54, 1.807) is 0 Å². The summed E-state index contributed by atoms with van der Waals surface area (Å²) in [5, 5.41) is 9.95. The van der Waals surface area contributed by atoms with Crippen LogP contribution >= 0.6 is 0 Å². The fourth-order valence-corrected chi connectivity index (χ4v) is 1.61. The summed E-state index contributed by atoms with van der Waals surface area (Å²) < 4.78 is 0. The van der Waals surface area contributed by atoms with Gasteiger partial charge in [0.25, 0.3) is 5.91 Å². The Morgan fingerprint density at radius 1 is 1.38 bits per heavy atom. The highest BCUT2D eigenvalue weighted by atomic mass is 16.3. The minimum Gasteiger partial charge on any atom is -0.387 e. The van der Waals surface area contributed by atoms with Crippen molar-refractivity contribution < 1.29 is 14.7 Å². The summed E-state index contributed by atoms with van der Waals surface area (Å²) in [5.41, 5.74) is 3.82. The van der Waals surface area contributed by atoms with Crippen LogP contribution in [0.25, 0.3) is 0 Å². The summed E-state index contributed by atoms with van der Waals surface area (Å²) in [5.74, 6) is -0.404. The minimum absolute atomic E-state index is 0.183. The third kappa shape index (κ3) is 3.18. The van der Waals surface area contributed by atoms with Crippen molar-refractivity contribution in [3.63, 3.8) is 0 Å². The molecule has 1 heterocycles. The van der Waals surface area contributed by atoms with Crippen LogP contribution in [-0.2, 0) is 9.59 Å². The Bertz CT molecular complexity index is 285. The molecule has 0 bridgehead atoms. The lowest BCUT2D eigenvalue weighted by Gasteiger charge is -2.48. The molecule has 2 amide bonds. The Balaban J connectivity index is 2.22. The maximum Gasteiger partial charge on any atom is 0.252 e. The summed E-state index contributed by atoms with van der Waals surface area (Å²) in [6, 6.07) is 0. The van der Waals surface area contributed by atoms with Crippen molar-refractivity contribution in [3.8, 4) is 0 Å². The molecule has 1 aliphatic heterocycles. The van der Waals surface area contributed by atoms with Gasteiger partial charge in [-0.1, -0.05) is 13.8 Å². The number of rotatable bonds is 3. The lowest BCUT2D eigenvalue weighted by atomic mass is 9.83. The highest BCUT2D eigenvalue weighted by Gasteiger charge is 2.43. The zero-order chi connectivity index (χ0) is 12.3. The van der Waals surface area contributed by atoms with Gasteiger partial charge in [-0.2, -0.15) is 0 Å². The normalized spacial score (nSPS) is 19.1. The summed E-state index contributed by atoms with van der Waals surface area (Å²) in [6.45, 7) is 6.41. The average Bonchev–Trinajstić information content (AvgIpc) is 2.11. The zero-order valence-electron chi connectivity index (χ0n) is 9.91. The predicted molar refractivity (Wildman–Crippen MR) is 58.2 cm³/mol. The van der Waals surface area contributed by atoms with Gasteiger partial charge in [-0.3, -0.25) is 25.3 Å². The molecule has 0 atom stereocenters. The molecule has 0 aliphatic carbocycles. The van der Waals surface area contributed by atoms with Crippen LogP contribution in [0, 0.1) is 5.92 Å². The lowest BCUT2D eigenvalue weighted by Crippen LogP contribution is -2.66. The summed E-state index contributed by atoms with van der Waals surface area (Å²) in [4.78, 5) is 23.6. The van der Waals surface area contributed by atoms with Gasteiger partial charge < -0.3 is 5.11 Å². The smallest absolute Gasteiger partial charge is 0.252 e. The third-order valence-electron chi connectivity index (χ3n) is 2.81. The third-order valence-corrected chi connectivity index (χ3v) is 2.81. The molecular weight excluding hydrogens is 210 g/mol. The van der Waals surface area contributed by atoms with Crippen LogP contribution < -0.4 is 10.9 Å². The standard InChI is InChI=1S/C10H19N3O3/c1-7(2)10(16)5-13(6-10)4-9(15)12-11-8(3)14/h7,16H,4-6H2,1-3H3,(H,11,14)(H,12,15). The fourth-order valence-electron chi connectivity index (χ4n) is 1.61. The van der Waals surface area contributed by atoms with Gasteiger partial charge in [0.1, 0.15) is 0 Å². The molecule has 16 heavy (non-hydrogen) atoms. The van der Waals surface area contributed by atoms with Gasteiger partial charge in [-0.15, -0.1) is 0 Å². The zero-order valence-corrected chi connectivity index (χ0v) is 9.91. The monoisotopic (exact) mass is 229 g/mol. The average molecular weight is 229 g/mol. The Morgan fingerprint density at radius 3 is 2.38 bits per heavy atom. The first-order chi connectivity index (χ1) is 7.33. The summed E-state index contributed by atoms with van der Waals surface area (Å²) >= 11 is 0. The largest absolute Gasteiger partial charge is 0.387 e. The number of carbonyl (C=O) groups excluding carboxylic acids is 2. The molecule has 1 aliphatic rings. The predicted octanol–water partition coefficient (Wildman–Crippen LogP) is -1.14. The number of amides is 2. The van der Waals surface area contributed by atoms with Crippen molar-refractivity contribution in [1.82, 2.24) is 15.8 Å². The number of β-amino-alcohol motifs (C(OH)–C–C–N with tert-alkyl or cyclic N) is 1. The van der Waals surface area contributed by atoms with Crippen LogP contribution in [0.15, 0.2) is 0 Å². The molecule has 6 nitrogen and oxygen atoms in total. The first kappa shape index (κ1) is 12.9. The van der Waals surface area contributed by atoms with Gasteiger partial charge in [-0.25, -0.2) is 0 Å². The quantitative estimate of drug-likeness (QED) is 0.534. The number of nitrogens with one attached hydrogen (secondary N) is 2. The molecule has 0 spiro atoms. The fraction of sp³-hybridized carbons (Fsp3) is 0.800. The summed E-state index contributed by atoms with van der Waals surface area (Å²) in [7, 11) is 0. The van der Waals surface area contributed by atoms with Gasteiger partial charge in [0, 0.05) is 20.0 Å².